The van der Waals surface area contributed by atoms with Crippen LogP contribution in [0.4, 0.5) is 0 Å². The molecule has 0 spiro atoms. The van der Waals surface area contributed by atoms with E-state index in [4.69, 9.17) is 5.26 Å². The Morgan fingerprint density at radius 1 is 1.64 bits per heavy atom. The van der Waals surface area contributed by atoms with Gasteiger partial charge >= 0.3 is 0 Å². The van der Waals surface area contributed by atoms with Crippen molar-refractivity contribution in [3.8, 4) is 6.07 Å². The third kappa shape index (κ3) is 0.701. The lowest BCUT2D eigenvalue weighted by atomic mass is 9.49. The molecule has 11 heavy (non-hydrogen) atoms. The highest BCUT2D eigenvalue weighted by Gasteiger charge is 2.51. The normalized spacial score (nSPS) is 38.5. The van der Waals surface area contributed by atoms with Gasteiger partial charge in [0.25, 0.3) is 0 Å². The average molecular weight is 147 g/mol. The summed E-state index contributed by atoms with van der Waals surface area (Å²) >= 11 is 0. The summed E-state index contributed by atoms with van der Waals surface area (Å²) in [6.45, 7) is 4.58. The summed E-state index contributed by atoms with van der Waals surface area (Å²) in [6, 6.07) is 2.31. The lowest BCUT2D eigenvalue weighted by molar-refractivity contribution is -0.00264. The third-order valence-corrected chi connectivity index (χ3v) is 3.60. The third-order valence-electron chi connectivity index (χ3n) is 3.60. The number of fused-ring (bicyclic) bond motifs is 1. The first-order valence-electron chi connectivity index (χ1n) is 4.26. The largest absolute Gasteiger partial charge is 0.193 e. The van der Waals surface area contributed by atoms with E-state index in [1.54, 1.807) is 0 Å². The maximum absolute atomic E-state index is 8.80. The molecule has 3 aliphatic rings. The standard InChI is InChI=1S/C10H13N/c1-10(2)8-4-3-7(6-11)9(10)5-8/h3,8-9H,4-5H2,1-2H3. The summed E-state index contributed by atoms with van der Waals surface area (Å²) in [6.07, 6.45) is 4.52. The second-order valence-corrected chi connectivity index (χ2v) is 4.31. The van der Waals surface area contributed by atoms with Crippen LogP contribution >= 0.6 is 0 Å². The summed E-state index contributed by atoms with van der Waals surface area (Å²) in [5.41, 5.74) is 1.46. The van der Waals surface area contributed by atoms with Crippen LogP contribution in [0, 0.1) is 28.6 Å². The van der Waals surface area contributed by atoms with Crippen molar-refractivity contribution < 1.29 is 0 Å². The Labute approximate surface area is 67.7 Å². The Bertz CT molecular complexity index is 255. The maximum Gasteiger partial charge on any atom is 0.0946 e. The van der Waals surface area contributed by atoms with E-state index in [0.29, 0.717) is 11.3 Å². The molecule has 2 unspecified atom stereocenters. The van der Waals surface area contributed by atoms with Gasteiger partial charge in [0, 0.05) is 5.57 Å². The molecule has 1 nitrogen and oxygen atoms in total. The molecule has 3 rings (SSSR count). The van der Waals surface area contributed by atoms with Gasteiger partial charge in [0.05, 0.1) is 6.07 Å². The minimum absolute atomic E-state index is 0.416. The van der Waals surface area contributed by atoms with Crippen molar-refractivity contribution in [1.29, 1.82) is 5.26 Å². The second-order valence-electron chi connectivity index (χ2n) is 4.31. The fraction of sp³-hybridized carbons (Fsp3) is 0.700. The van der Waals surface area contributed by atoms with Gasteiger partial charge in [-0.3, -0.25) is 0 Å². The quantitative estimate of drug-likeness (QED) is 0.516. The van der Waals surface area contributed by atoms with Gasteiger partial charge in [-0.15, -0.1) is 0 Å². The van der Waals surface area contributed by atoms with Crippen molar-refractivity contribution in [3.63, 3.8) is 0 Å². The predicted octanol–water partition coefficient (Wildman–Crippen LogP) is 2.50. The first-order valence-corrected chi connectivity index (χ1v) is 4.26. The van der Waals surface area contributed by atoms with Crippen LogP contribution in [0.25, 0.3) is 0 Å². The molecule has 1 heteroatoms. The minimum atomic E-state index is 0.416. The fourth-order valence-corrected chi connectivity index (χ4v) is 2.48. The van der Waals surface area contributed by atoms with E-state index in [1.807, 2.05) is 0 Å². The molecule has 1 fully saturated rings. The molecule has 0 radical (unpaired) electrons. The maximum atomic E-state index is 8.80. The Morgan fingerprint density at radius 3 is 2.73 bits per heavy atom. The molecular formula is C10H13N. The number of hydrogen-bond acceptors (Lipinski definition) is 1. The van der Waals surface area contributed by atoms with Crippen molar-refractivity contribution >= 4 is 0 Å². The summed E-state index contributed by atoms with van der Waals surface area (Å²) in [5.74, 6) is 1.43. The molecule has 1 saturated carbocycles. The van der Waals surface area contributed by atoms with Crippen LogP contribution in [-0.4, -0.2) is 0 Å². The molecule has 0 aromatic heterocycles. The highest BCUT2D eigenvalue weighted by molar-refractivity contribution is 5.33. The lowest BCUT2D eigenvalue weighted by Crippen LogP contribution is -2.47. The molecule has 58 valence electrons. The summed E-state index contributed by atoms with van der Waals surface area (Å²) in [4.78, 5) is 0. The molecule has 0 aromatic carbocycles. The van der Waals surface area contributed by atoms with E-state index in [0.717, 1.165) is 17.9 Å². The highest BCUT2D eigenvalue weighted by Crippen LogP contribution is 2.58. The van der Waals surface area contributed by atoms with Gasteiger partial charge in [-0.1, -0.05) is 19.9 Å². The summed E-state index contributed by atoms with van der Waals surface area (Å²) < 4.78 is 0. The Hall–Kier alpha value is -0.770. The van der Waals surface area contributed by atoms with Gasteiger partial charge < -0.3 is 0 Å². The van der Waals surface area contributed by atoms with Crippen molar-refractivity contribution in [2.75, 3.05) is 0 Å². The number of nitrogens with zero attached hydrogens (tertiary/aromatic N) is 1. The Morgan fingerprint density at radius 2 is 2.36 bits per heavy atom. The van der Waals surface area contributed by atoms with Crippen LogP contribution in [-0.2, 0) is 0 Å². The Balaban J connectivity index is 2.32. The molecule has 3 aliphatic carbocycles. The fourth-order valence-electron chi connectivity index (χ4n) is 2.48. The van der Waals surface area contributed by atoms with E-state index in [2.05, 4.69) is 26.0 Å². The van der Waals surface area contributed by atoms with Crippen LogP contribution in [0.3, 0.4) is 0 Å². The second kappa shape index (κ2) is 1.88. The zero-order valence-electron chi connectivity index (χ0n) is 7.09. The van der Waals surface area contributed by atoms with E-state index in [1.165, 1.54) is 6.42 Å². The van der Waals surface area contributed by atoms with Gasteiger partial charge in [-0.25, -0.2) is 0 Å². The first-order chi connectivity index (χ1) is 5.16. The zero-order chi connectivity index (χ0) is 8.06. The topological polar surface area (TPSA) is 23.8 Å². The molecule has 0 heterocycles. The van der Waals surface area contributed by atoms with Crippen molar-refractivity contribution in [1.82, 2.24) is 0 Å². The molecule has 2 bridgehead atoms. The monoisotopic (exact) mass is 147 g/mol. The highest BCUT2D eigenvalue weighted by atomic mass is 14.5. The van der Waals surface area contributed by atoms with E-state index < -0.39 is 0 Å². The van der Waals surface area contributed by atoms with Crippen LogP contribution in [0.5, 0.6) is 0 Å². The summed E-state index contributed by atoms with van der Waals surface area (Å²) in [7, 11) is 0. The molecule has 0 saturated heterocycles. The zero-order valence-corrected chi connectivity index (χ0v) is 7.09. The smallest absolute Gasteiger partial charge is 0.0946 e. The number of allylic oxidation sites excluding steroid dienone is 2. The lowest BCUT2D eigenvalue weighted by Gasteiger charge is -2.55. The van der Waals surface area contributed by atoms with E-state index in [-0.39, 0.29) is 0 Å². The van der Waals surface area contributed by atoms with Gasteiger partial charge in [0.1, 0.15) is 0 Å². The predicted molar refractivity (Wildman–Crippen MR) is 43.7 cm³/mol. The van der Waals surface area contributed by atoms with Crippen molar-refractivity contribution in [3.05, 3.63) is 11.6 Å². The van der Waals surface area contributed by atoms with Gasteiger partial charge in [0.15, 0.2) is 0 Å². The van der Waals surface area contributed by atoms with Gasteiger partial charge in [-0.05, 0) is 30.1 Å². The molecule has 0 amide bonds. The number of nitriles is 1. The van der Waals surface area contributed by atoms with Gasteiger partial charge in [-0.2, -0.15) is 5.26 Å². The van der Waals surface area contributed by atoms with Crippen LogP contribution in [0.2, 0.25) is 0 Å². The first kappa shape index (κ1) is 6.91. The number of rotatable bonds is 0. The molecule has 0 N–H and O–H groups in total. The average Bonchev–Trinajstić information content (AvgIpc) is 2.04. The molecule has 2 atom stereocenters. The van der Waals surface area contributed by atoms with Crippen molar-refractivity contribution in [2.24, 2.45) is 17.3 Å². The molecular weight excluding hydrogens is 134 g/mol. The van der Waals surface area contributed by atoms with Crippen molar-refractivity contribution in [2.45, 2.75) is 26.7 Å². The van der Waals surface area contributed by atoms with E-state index in [9.17, 15) is 0 Å². The van der Waals surface area contributed by atoms with E-state index >= 15 is 0 Å². The van der Waals surface area contributed by atoms with Crippen LogP contribution in [0.15, 0.2) is 11.6 Å². The van der Waals surface area contributed by atoms with Crippen LogP contribution < -0.4 is 0 Å². The SMILES string of the molecule is CC1(C)C2CC=C(C#N)C1C2. The Kier molecular flexibility index (Phi) is 1.18. The van der Waals surface area contributed by atoms with Crippen LogP contribution in [0.1, 0.15) is 26.7 Å². The molecule has 0 aromatic rings. The van der Waals surface area contributed by atoms with Gasteiger partial charge in [0.2, 0.25) is 0 Å². The number of hydrogen-bond donors (Lipinski definition) is 0. The minimum Gasteiger partial charge on any atom is -0.193 e. The molecule has 0 aliphatic heterocycles. The summed E-state index contributed by atoms with van der Waals surface area (Å²) in [5, 5.41) is 8.80.